The molecule has 4 fully saturated rings. The fourth-order valence-electron chi connectivity index (χ4n) is 5.65. The Morgan fingerprint density at radius 2 is 1.48 bits per heavy atom. The lowest BCUT2D eigenvalue weighted by Gasteiger charge is -2.33. The summed E-state index contributed by atoms with van der Waals surface area (Å²) in [5.41, 5.74) is 0. The number of fused-ring (bicyclic) bond motifs is 5. The Labute approximate surface area is 125 Å². The van der Waals surface area contributed by atoms with Crippen molar-refractivity contribution in [3.8, 4) is 0 Å². The van der Waals surface area contributed by atoms with Gasteiger partial charge in [-0.1, -0.05) is 12.8 Å². The first-order valence-electron chi connectivity index (χ1n) is 8.66. The summed E-state index contributed by atoms with van der Waals surface area (Å²) in [4.78, 5) is 27.0. The number of carbonyl (C=O) groups excluding carboxylic acids is 2. The minimum Gasteiger partial charge on any atom is -0.396 e. The molecule has 4 rings (SSSR count). The van der Waals surface area contributed by atoms with Crippen molar-refractivity contribution in [1.82, 2.24) is 4.90 Å². The molecule has 3 saturated carbocycles. The van der Waals surface area contributed by atoms with E-state index in [2.05, 4.69) is 0 Å². The number of nitrogens with zero attached hydrogens (tertiary/aromatic N) is 1. The Balaban J connectivity index is 1.51. The van der Waals surface area contributed by atoms with Crippen LogP contribution in [0, 0.1) is 35.5 Å². The Hall–Kier alpha value is -0.900. The topological polar surface area (TPSA) is 57.6 Å². The average Bonchev–Trinajstić information content (AvgIpc) is 3.17. The molecular formula is C17H25NO3. The van der Waals surface area contributed by atoms with Crippen LogP contribution in [-0.2, 0) is 9.59 Å². The number of aliphatic hydroxyl groups excluding tert-OH is 1. The van der Waals surface area contributed by atoms with Gasteiger partial charge in [-0.15, -0.1) is 0 Å². The number of aliphatic hydroxyl groups is 1. The van der Waals surface area contributed by atoms with E-state index in [9.17, 15) is 14.7 Å². The summed E-state index contributed by atoms with van der Waals surface area (Å²) in [7, 11) is 0. The van der Waals surface area contributed by atoms with Gasteiger partial charge in [0.2, 0.25) is 11.8 Å². The summed E-state index contributed by atoms with van der Waals surface area (Å²) in [6, 6.07) is 0. The molecule has 2 bridgehead atoms. The quantitative estimate of drug-likeness (QED) is 0.807. The highest BCUT2D eigenvalue weighted by Crippen LogP contribution is 2.56. The molecule has 4 aliphatic rings. The van der Waals surface area contributed by atoms with Crippen molar-refractivity contribution in [2.75, 3.05) is 13.2 Å². The molecule has 0 spiro atoms. The van der Waals surface area contributed by atoms with E-state index < -0.39 is 0 Å². The average molecular weight is 291 g/mol. The van der Waals surface area contributed by atoms with Gasteiger partial charge < -0.3 is 5.11 Å². The third kappa shape index (κ3) is 1.98. The van der Waals surface area contributed by atoms with Crippen LogP contribution in [-0.4, -0.2) is 35.0 Å². The highest BCUT2D eigenvalue weighted by molar-refractivity contribution is 6.06. The molecule has 0 aromatic heterocycles. The van der Waals surface area contributed by atoms with Crippen molar-refractivity contribution in [2.45, 2.75) is 44.9 Å². The second-order valence-electron chi connectivity index (χ2n) is 7.66. The molecule has 1 N–H and O–H groups in total. The van der Waals surface area contributed by atoms with E-state index in [1.54, 1.807) is 4.90 Å². The molecule has 1 unspecified atom stereocenters. The first-order chi connectivity index (χ1) is 10.2. The standard InChI is InChI=1S/C17H25NO3/c19-9-13-4-2-1-3-12(13)8-18-16(20)14-10-5-6-11(7-10)15(14)17(18)21/h10-15,19H,1-9H2/t10-,11+,12?,13-,14+,15-/m0/s1. The number of amides is 2. The summed E-state index contributed by atoms with van der Waals surface area (Å²) in [6.45, 7) is 0.758. The summed E-state index contributed by atoms with van der Waals surface area (Å²) in [5.74, 6) is 1.77. The van der Waals surface area contributed by atoms with Crippen LogP contribution in [0.15, 0.2) is 0 Å². The predicted molar refractivity (Wildman–Crippen MR) is 77.1 cm³/mol. The van der Waals surface area contributed by atoms with Crippen molar-refractivity contribution >= 4 is 11.8 Å². The molecule has 21 heavy (non-hydrogen) atoms. The molecule has 0 radical (unpaired) electrons. The molecule has 4 nitrogen and oxygen atoms in total. The second-order valence-corrected chi connectivity index (χ2v) is 7.66. The number of hydrogen-bond acceptors (Lipinski definition) is 3. The monoisotopic (exact) mass is 291 g/mol. The van der Waals surface area contributed by atoms with Gasteiger partial charge >= 0.3 is 0 Å². The van der Waals surface area contributed by atoms with Crippen molar-refractivity contribution in [3.63, 3.8) is 0 Å². The van der Waals surface area contributed by atoms with Gasteiger partial charge in [-0.3, -0.25) is 14.5 Å². The van der Waals surface area contributed by atoms with Gasteiger partial charge in [0, 0.05) is 13.2 Å². The zero-order valence-corrected chi connectivity index (χ0v) is 12.5. The zero-order chi connectivity index (χ0) is 14.6. The number of hydrogen-bond donors (Lipinski definition) is 1. The van der Waals surface area contributed by atoms with Crippen LogP contribution in [0.5, 0.6) is 0 Å². The van der Waals surface area contributed by atoms with Gasteiger partial charge in [0.25, 0.3) is 0 Å². The lowest BCUT2D eigenvalue weighted by Crippen LogP contribution is -2.40. The maximum atomic E-state index is 12.7. The van der Waals surface area contributed by atoms with Gasteiger partial charge in [0.05, 0.1) is 11.8 Å². The number of rotatable bonds is 3. The van der Waals surface area contributed by atoms with E-state index in [4.69, 9.17) is 0 Å². The van der Waals surface area contributed by atoms with Gasteiger partial charge in [0.1, 0.15) is 0 Å². The summed E-state index contributed by atoms with van der Waals surface area (Å²) in [5, 5.41) is 9.53. The molecule has 6 atom stereocenters. The second kappa shape index (κ2) is 5.08. The third-order valence-corrected chi connectivity index (χ3v) is 6.74. The normalized spacial score (nSPS) is 45.5. The van der Waals surface area contributed by atoms with Crippen molar-refractivity contribution < 1.29 is 14.7 Å². The van der Waals surface area contributed by atoms with Crippen LogP contribution in [0.1, 0.15) is 44.9 Å². The summed E-state index contributed by atoms with van der Waals surface area (Å²) in [6.07, 6.45) is 7.79. The van der Waals surface area contributed by atoms with Gasteiger partial charge in [-0.05, 0) is 55.8 Å². The Bertz CT molecular complexity index is 435. The van der Waals surface area contributed by atoms with E-state index in [1.165, 1.54) is 6.42 Å². The van der Waals surface area contributed by atoms with E-state index in [-0.39, 0.29) is 36.2 Å². The Morgan fingerprint density at radius 3 is 2.05 bits per heavy atom. The lowest BCUT2D eigenvalue weighted by molar-refractivity contribution is -0.142. The summed E-state index contributed by atoms with van der Waals surface area (Å²) < 4.78 is 0. The lowest BCUT2D eigenvalue weighted by atomic mass is 9.79. The van der Waals surface area contributed by atoms with Crippen LogP contribution in [0.4, 0.5) is 0 Å². The molecule has 0 aromatic rings. The molecule has 116 valence electrons. The van der Waals surface area contributed by atoms with Crippen LogP contribution >= 0.6 is 0 Å². The maximum absolute atomic E-state index is 12.7. The number of likely N-dealkylation sites (tertiary alicyclic amines) is 1. The largest absolute Gasteiger partial charge is 0.396 e. The number of carbonyl (C=O) groups is 2. The summed E-state index contributed by atoms with van der Waals surface area (Å²) >= 11 is 0. The van der Waals surface area contributed by atoms with Crippen LogP contribution in [0.25, 0.3) is 0 Å². The Kier molecular flexibility index (Phi) is 3.32. The minimum atomic E-state index is 0.00687. The van der Waals surface area contributed by atoms with E-state index in [1.807, 2.05) is 0 Å². The van der Waals surface area contributed by atoms with Crippen LogP contribution in [0.3, 0.4) is 0 Å². The van der Waals surface area contributed by atoms with Crippen LogP contribution in [0.2, 0.25) is 0 Å². The third-order valence-electron chi connectivity index (χ3n) is 6.74. The van der Waals surface area contributed by atoms with Gasteiger partial charge in [-0.2, -0.15) is 0 Å². The maximum Gasteiger partial charge on any atom is 0.233 e. The Morgan fingerprint density at radius 1 is 0.905 bits per heavy atom. The highest BCUT2D eigenvalue weighted by atomic mass is 16.3. The molecule has 1 saturated heterocycles. The molecule has 3 aliphatic carbocycles. The van der Waals surface area contributed by atoms with E-state index in [0.29, 0.717) is 24.3 Å². The first kappa shape index (κ1) is 13.7. The fourth-order valence-corrected chi connectivity index (χ4v) is 5.65. The number of imide groups is 1. The molecule has 0 aromatic carbocycles. The molecule has 1 aliphatic heterocycles. The predicted octanol–water partition coefficient (Wildman–Crippen LogP) is 1.82. The zero-order valence-electron chi connectivity index (χ0n) is 12.5. The van der Waals surface area contributed by atoms with Gasteiger partial charge in [0.15, 0.2) is 0 Å². The van der Waals surface area contributed by atoms with Gasteiger partial charge in [-0.25, -0.2) is 0 Å². The molecular weight excluding hydrogens is 266 g/mol. The van der Waals surface area contributed by atoms with E-state index >= 15 is 0 Å². The molecule has 1 heterocycles. The van der Waals surface area contributed by atoms with Crippen LogP contribution < -0.4 is 0 Å². The molecule has 4 heteroatoms. The molecule has 2 amide bonds. The van der Waals surface area contributed by atoms with Crippen molar-refractivity contribution in [3.05, 3.63) is 0 Å². The smallest absolute Gasteiger partial charge is 0.233 e. The highest BCUT2D eigenvalue weighted by Gasteiger charge is 2.60. The van der Waals surface area contributed by atoms with Crippen molar-refractivity contribution in [1.29, 1.82) is 0 Å². The van der Waals surface area contributed by atoms with Crippen molar-refractivity contribution in [2.24, 2.45) is 35.5 Å². The SMILES string of the molecule is O=C1[C@@H]2[C@H]3CC[C@H](C3)[C@@H]2C(=O)N1CC1CCCC[C@H]1CO. The first-order valence-corrected chi connectivity index (χ1v) is 8.66. The van der Waals surface area contributed by atoms with E-state index in [0.717, 1.165) is 38.5 Å². The minimum absolute atomic E-state index is 0.00687. The fraction of sp³-hybridized carbons (Fsp3) is 0.882.